The third-order valence-electron chi connectivity index (χ3n) is 3.67. The molecule has 3 nitrogen and oxygen atoms in total. The molecule has 0 aliphatic heterocycles. The van der Waals surface area contributed by atoms with Crippen molar-refractivity contribution in [1.29, 1.82) is 0 Å². The number of hydrogen-bond acceptors (Lipinski definition) is 2. The zero-order valence-corrected chi connectivity index (χ0v) is 14.8. The maximum atomic E-state index is 13.5. The van der Waals surface area contributed by atoms with Crippen LogP contribution in [0.4, 0.5) is 10.1 Å². The van der Waals surface area contributed by atoms with Gasteiger partial charge in [-0.05, 0) is 55.7 Å². The molecule has 128 valence electrons. The Balaban J connectivity index is 1.63. The number of anilines is 1. The Kier molecular flexibility index (Phi) is 7.15. The lowest BCUT2D eigenvalue weighted by Crippen LogP contribution is -2.29. The number of ether oxygens (including phenoxy) is 1. The van der Waals surface area contributed by atoms with E-state index in [0.29, 0.717) is 29.5 Å². The van der Waals surface area contributed by atoms with Crippen LogP contribution in [0.3, 0.4) is 0 Å². The number of hydrogen-bond donors (Lipinski definition) is 2. The molecule has 1 atom stereocenters. The molecule has 0 spiro atoms. The first kappa shape index (κ1) is 18.4. The zero-order valence-electron chi connectivity index (χ0n) is 14.0. The molecule has 0 radical (unpaired) electrons. The molecule has 0 aromatic heterocycles. The molecular formula is C19H23FN2OS. The molecule has 0 unspecified atom stereocenters. The Bertz CT molecular complexity index is 664. The van der Waals surface area contributed by atoms with Gasteiger partial charge >= 0.3 is 0 Å². The van der Waals surface area contributed by atoms with Crippen molar-refractivity contribution < 1.29 is 9.13 Å². The topological polar surface area (TPSA) is 33.3 Å². The summed E-state index contributed by atoms with van der Waals surface area (Å²) in [7, 11) is 0. The molecule has 24 heavy (non-hydrogen) atoms. The molecule has 0 bridgehead atoms. The van der Waals surface area contributed by atoms with Gasteiger partial charge in [-0.25, -0.2) is 4.39 Å². The lowest BCUT2D eigenvalue weighted by atomic mass is 10.1. The Morgan fingerprint density at radius 3 is 2.67 bits per heavy atom. The predicted molar refractivity (Wildman–Crippen MR) is 101 cm³/mol. The second-order valence-corrected chi connectivity index (χ2v) is 6.03. The van der Waals surface area contributed by atoms with Crippen LogP contribution in [0.25, 0.3) is 0 Å². The van der Waals surface area contributed by atoms with Crippen molar-refractivity contribution in [2.45, 2.75) is 26.4 Å². The summed E-state index contributed by atoms with van der Waals surface area (Å²) in [4.78, 5) is 0. The van der Waals surface area contributed by atoms with Gasteiger partial charge in [-0.15, -0.1) is 0 Å². The average Bonchev–Trinajstić information content (AvgIpc) is 2.58. The minimum absolute atomic E-state index is 0.0758. The van der Waals surface area contributed by atoms with Crippen LogP contribution < -0.4 is 10.6 Å². The first-order valence-electron chi connectivity index (χ1n) is 8.04. The summed E-state index contributed by atoms with van der Waals surface area (Å²) in [6, 6.07) is 15.1. The minimum atomic E-state index is -0.244. The third kappa shape index (κ3) is 5.91. The van der Waals surface area contributed by atoms with Crippen LogP contribution in [-0.4, -0.2) is 18.3 Å². The predicted octanol–water partition coefficient (Wildman–Crippen LogP) is 4.59. The lowest BCUT2D eigenvalue weighted by Gasteiger charge is -2.14. The van der Waals surface area contributed by atoms with Crippen LogP contribution in [0, 0.1) is 12.7 Å². The molecule has 0 aliphatic rings. The summed E-state index contributed by atoms with van der Waals surface area (Å²) in [6.45, 7) is 5.11. The summed E-state index contributed by atoms with van der Waals surface area (Å²) in [5, 5.41) is 6.55. The van der Waals surface area contributed by atoms with Gasteiger partial charge in [0.2, 0.25) is 0 Å². The van der Waals surface area contributed by atoms with Gasteiger partial charge in [-0.1, -0.05) is 36.4 Å². The molecule has 5 heteroatoms. The number of aryl methyl sites for hydroxylation is 1. The van der Waals surface area contributed by atoms with Crippen LogP contribution in [-0.2, 0) is 4.74 Å². The van der Waals surface area contributed by atoms with Crippen molar-refractivity contribution in [2.24, 2.45) is 0 Å². The molecule has 0 saturated heterocycles. The van der Waals surface area contributed by atoms with Crippen LogP contribution in [0.5, 0.6) is 0 Å². The van der Waals surface area contributed by atoms with Crippen molar-refractivity contribution in [3.05, 3.63) is 65.5 Å². The maximum absolute atomic E-state index is 13.5. The van der Waals surface area contributed by atoms with E-state index < -0.39 is 0 Å². The Labute approximate surface area is 148 Å². The van der Waals surface area contributed by atoms with Gasteiger partial charge in [0.1, 0.15) is 5.82 Å². The third-order valence-corrected chi connectivity index (χ3v) is 3.92. The molecule has 0 saturated carbocycles. The number of thiocarbonyl (C=S) groups is 1. The molecule has 2 aromatic carbocycles. The monoisotopic (exact) mass is 346 g/mol. The lowest BCUT2D eigenvalue weighted by molar-refractivity contribution is 0.0646. The van der Waals surface area contributed by atoms with E-state index >= 15 is 0 Å². The van der Waals surface area contributed by atoms with Crippen molar-refractivity contribution >= 4 is 23.0 Å². The second-order valence-electron chi connectivity index (χ2n) is 5.62. The van der Waals surface area contributed by atoms with E-state index in [1.54, 1.807) is 19.1 Å². The molecular weight excluding hydrogens is 323 g/mol. The minimum Gasteiger partial charge on any atom is -0.374 e. The van der Waals surface area contributed by atoms with E-state index in [9.17, 15) is 4.39 Å². The fourth-order valence-corrected chi connectivity index (χ4v) is 2.42. The zero-order chi connectivity index (χ0) is 17.4. The highest BCUT2D eigenvalue weighted by atomic mass is 32.1. The fourth-order valence-electron chi connectivity index (χ4n) is 2.20. The van der Waals surface area contributed by atoms with E-state index in [1.807, 2.05) is 25.1 Å². The normalized spacial score (nSPS) is 11.8. The standard InChI is InChI=1S/C19H23FN2OS/c1-14-9-10-17(13-18(14)20)22-19(24)21-11-6-12-23-15(2)16-7-4-3-5-8-16/h3-5,7-10,13,15H,6,11-12H2,1-2H3,(H2,21,22,24)/t15-/m1/s1. The Morgan fingerprint density at radius 1 is 1.21 bits per heavy atom. The van der Waals surface area contributed by atoms with Gasteiger partial charge in [0.15, 0.2) is 5.11 Å². The highest BCUT2D eigenvalue weighted by Gasteiger charge is 2.05. The smallest absolute Gasteiger partial charge is 0.170 e. The molecule has 0 aliphatic carbocycles. The summed E-state index contributed by atoms with van der Waals surface area (Å²) >= 11 is 5.20. The first-order chi connectivity index (χ1) is 11.6. The second kappa shape index (κ2) is 9.35. The van der Waals surface area contributed by atoms with E-state index in [2.05, 4.69) is 22.8 Å². The largest absolute Gasteiger partial charge is 0.374 e. The molecule has 0 heterocycles. The molecule has 2 aromatic rings. The molecule has 0 amide bonds. The van der Waals surface area contributed by atoms with Gasteiger partial charge in [-0.2, -0.15) is 0 Å². The fraction of sp³-hybridized carbons (Fsp3) is 0.316. The van der Waals surface area contributed by atoms with Crippen molar-refractivity contribution in [2.75, 3.05) is 18.5 Å². The van der Waals surface area contributed by atoms with Gasteiger partial charge < -0.3 is 15.4 Å². The van der Waals surface area contributed by atoms with Gasteiger partial charge in [0.25, 0.3) is 0 Å². The van der Waals surface area contributed by atoms with E-state index in [4.69, 9.17) is 17.0 Å². The van der Waals surface area contributed by atoms with E-state index in [-0.39, 0.29) is 11.9 Å². The maximum Gasteiger partial charge on any atom is 0.170 e. The SMILES string of the molecule is Cc1ccc(NC(=S)NCCCO[C@H](C)c2ccccc2)cc1F. The highest BCUT2D eigenvalue weighted by Crippen LogP contribution is 2.16. The number of halogens is 1. The summed E-state index contributed by atoms with van der Waals surface area (Å²) in [5.41, 5.74) is 2.43. The number of benzene rings is 2. The van der Waals surface area contributed by atoms with Crippen LogP contribution in [0.2, 0.25) is 0 Å². The highest BCUT2D eigenvalue weighted by molar-refractivity contribution is 7.80. The van der Waals surface area contributed by atoms with Crippen LogP contribution in [0.1, 0.15) is 30.6 Å². The average molecular weight is 346 g/mol. The van der Waals surface area contributed by atoms with Gasteiger partial charge in [-0.3, -0.25) is 0 Å². The van der Waals surface area contributed by atoms with E-state index in [1.165, 1.54) is 11.6 Å². The van der Waals surface area contributed by atoms with Crippen molar-refractivity contribution in [3.63, 3.8) is 0 Å². The van der Waals surface area contributed by atoms with Crippen molar-refractivity contribution in [1.82, 2.24) is 5.32 Å². The number of nitrogens with one attached hydrogen (secondary N) is 2. The van der Waals surface area contributed by atoms with Gasteiger partial charge in [0.05, 0.1) is 6.10 Å². The Morgan fingerprint density at radius 2 is 1.96 bits per heavy atom. The molecule has 0 fully saturated rings. The quantitative estimate of drug-likeness (QED) is 0.567. The Hall–Kier alpha value is -1.98. The van der Waals surface area contributed by atoms with Gasteiger partial charge in [0, 0.05) is 18.8 Å². The summed E-state index contributed by atoms with van der Waals surface area (Å²) in [5.74, 6) is -0.244. The summed E-state index contributed by atoms with van der Waals surface area (Å²) in [6.07, 6.45) is 0.910. The first-order valence-corrected chi connectivity index (χ1v) is 8.44. The van der Waals surface area contributed by atoms with Crippen molar-refractivity contribution in [3.8, 4) is 0 Å². The number of rotatable bonds is 7. The van der Waals surface area contributed by atoms with Crippen LogP contribution >= 0.6 is 12.2 Å². The van der Waals surface area contributed by atoms with E-state index in [0.717, 1.165) is 6.42 Å². The molecule has 2 N–H and O–H groups in total. The summed E-state index contributed by atoms with van der Waals surface area (Å²) < 4.78 is 19.3. The molecule has 2 rings (SSSR count). The van der Waals surface area contributed by atoms with Crippen LogP contribution in [0.15, 0.2) is 48.5 Å².